The van der Waals surface area contributed by atoms with Gasteiger partial charge >= 0.3 is 5.97 Å². The molecular formula is C19H24N4O5. The predicted octanol–water partition coefficient (Wildman–Crippen LogP) is 0.622. The number of hydrogen-bond acceptors (Lipinski definition) is 7. The van der Waals surface area contributed by atoms with Crippen LogP contribution in [0.5, 0.6) is 0 Å². The van der Waals surface area contributed by atoms with Crippen LogP contribution < -0.4 is 0 Å². The first-order valence-corrected chi connectivity index (χ1v) is 9.34. The summed E-state index contributed by atoms with van der Waals surface area (Å²) < 4.78 is 17.9. The first-order valence-electron chi connectivity index (χ1n) is 9.34. The van der Waals surface area contributed by atoms with Crippen LogP contribution >= 0.6 is 0 Å². The van der Waals surface area contributed by atoms with Crippen molar-refractivity contribution in [3.05, 3.63) is 42.4 Å². The molecule has 0 radical (unpaired) electrons. The van der Waals surface area contributed by atoms with Crippen molar-refractivity contribution in [3.8, 4) is 0 Å². The average molecular weight is 388 g/mol. The lowest BCUT2D eigenvalue weighted by Crippen LogP contribution is -2.47. The second-order valence-corrected chi connectivity index (χ2v) is 7.29. The number of hydrogen-bond donors (Lipinski definition) is 0. The summed E-state index contributed by atoms with van der Waals surface area (Å²) >= 11 is 0. The summed E-state index contributed by atoms with van der Waals surface area (Å²) in [5, 5.41) is 0. The maximum Gasteiger partial charge on any atom is 0.373 e. The molecule has 0 saturated carbocycles. The van der Waals surface area contributed by atoms with Gasteiger partial charge in [-0.15, -0.1) is 0 Å². The number of aromatic nitrogens is 2. The van der Waals surface area contributed by atoms with E-state index < -0.39 is 5.97 Å². The topological polar surface area (TPSA) is 90.0 Å². The summed E-state index contributed by atoms with van der Waals surface area (Å²) in [6, 6.07) is 3.41. The van der Waals surface area contributed by atoms with E-state index in [2.05, 4.69) is 9.88 Å². The summed E-state index contributed by atoms with van der Waals surface area (Å²) in [6.45, 7) is 4.19. The van der Waals surface area contributed by atoms with E-state index in [4.69, 9.17) is 13.9 Å². The molecule has 150 valence electrons. The van der Waals surface area contributed by atoms with E-state index in [1.54, 1.807) is 35.4 Å². The number of carbonyl (C=O) groups excluding carboxylic acids is 2. The molecule has 28 heavy (non-hydrogen) atoms. The van der Waals surface area contributed by atoms with Crippen LogP contribution in [0.25, 0.3) is 0 Å². The Balaban J connectivity index is 1.44. The van der Waals surface area contributed by atoms with Crippen molar-refractivity contribution in [2.75, 3.05) is 40.0 Å². The first kappa shape index (κ1) is 18.7. The van der Waals surface area contributed by atoms with Gasteiger partial charge in [-0.2, -0.15) is 0 Å². The highest BCUT2D eigenvalue weighted by molar-refractivity contribution is 5.86. The Hall–Kier alpha value is -2.65. The lowest BCUT2D eigenvalue weighted by Gasteiger charge is -2.31. The molecule has 0 N–H and O–H groups in total. The SMILES string of the molecule is COC(=O)c1ccc(CN2C[C@@H]3COC[C@H](C2)N(C(=O)Cn2ccnc2)C3)o1. The van der Waals surface area contributed by atoms with Crippen LogP contribution in [0.1, 0.15) is 16.3 Å². The van der Waals surface area contributed by atoms with E-state index >= 15 is 0 Å². The van der Waals surface area contributed by atoms with Gasteiger partial charge in [-0.3, -0.25) is 9.69 Å². The Morgan fingerprint density at radius 3 is 2.93 bits per heavy atom. The molecule has 2 saturated heterocycles. The average Bonchev–Trinajstić information content (AvgIpc) is 3.26. The van der Waals surface area contributed by atoms with Crippen LogP contribution in [0, 0.1) is 5.92 Å². The van der Waals surface area contributed by atoms with Gasteiger partial charge in [0.1, 0.15) is 12.3 Å². The van der Waals surface area contributed by atoms with E-state index in [-0.39, 0.29) is 30.2 Å². The quantitative estimate of drug-likeness (QED) is 0.694. The van der Waals surface area contributed by atoms with Crippen LogP contribution in [0.2, 0.25) is 0 Å². The molecule has 1 amide bonds. The molecule has 2 atom stereocenters. The summed E-state index contributed by atoms with van der Waals surface area (Å²) in [5.41, 5.74) is 0. The van der Waals surface area contributed by atoms with E-state index in [0.717, 1.165) is 6.54 Å². The Bertz CT molecular complexity index is 818. The lowest BCUT2D eigenvalue weighted by molar-refractivity contribution is -0.134. The van der Waals surface area contributed by atoms with E-state index in [1.807, 2.05) is 4.90 Å². The third-order valence-electron chi connectivity index (χ3n) is 5.17. The summed E-state index contributed by atoms with van der Waals surface area (Å²) in [5.74, 6) is 0.731. The minimum Gasteiger partial charge on any atom is -0.463 e. The van der Waals surface area contributed by atoms with Crippen LogP contribution in [-0.2, 0) is 27.4 Å². The predicted molar refractivity (Wildman–Crippen MR) is 97.4 cm³/mol. The number of methoxy groups -OCH3 is 1. The fourth-order valence-corrected chi connectivity index (χ4v) is 3.90. The molecular weight excluding hydrogens is 364 g/mol. The smallest absolute Gasteiger partial charge is 0.373 e. The van der Waals surface area contributed by atoms with Gasteiger partial charge in [-0.25, -0.2) is 9.78 Å². The highest BCUT2D eigenvalue weighted by Crippen LogP contribution is 2.22. The second kappa shape index (κ2) is 8.15. The van der Waals surface area contributed by atoms with Crippen molar-refractivity contribution in [2.24, 2.45) is 5.92 Å². The Morgan fingerprint density at radius 1 is 1.25 bits per heavy atom. The number of amides is 1. The summed E-state index contributed by atoms with van der Waals surface area (Å²) in [7, 11) is 1.33. The van der Waals surface area contributed by atoms with Gasteiger partial charge in [0.05, 0.1) is 39.2 Å². The Kier molecular flexibility index (Phi) is 5.45. The molecule has 4 heterocycles. The monoisotopic (exact) mass is 388 g/mol. The second-order valence-electron chi connectivity index (χ2n) is 7.29. The van der Waals surface area contributed by atoms with Crippen molar-refractivity contribution >= 4 is 11.9 Å². The van der Waals surface area contributed by atoms with Gasteiger partial charge in [0, 0.05) is 37.9 Å². The molecule has 2 aliphatic rings. The zero-order valence-corrected chi connectivity index (χ0v) is 15.8. The maximum atomic E-state index is 12.9. The van der Waals surface area contributed by atoms with Crippen LogP contribution in [-0.4, -0.2) is 77.2 Å². The normalized spacial score (nSPS) is 22.7. The molecule has 0 aromatic carbocycles. The number of fused-ring (bicyclic) bond motifs is 3. The molecule has 0 aliphatic carbocycles. The van der Waals surface area contributed by atoms with Crippen molar-refractivity contribution in [2.45, 2.75) is 19.1 Å². The minimum atomic E-state index is -0.483. The van der Waals surface area contributed by atoms with E-state index in [1.165, 1.54) is 7.11 Å². The standard InChI is InChI=1S/C19H24N4O5/c1-26-19(25)17-3-2-16(28-17)9-22-6-14-7-23(15(8-22)12-27-11-14)18(24)10-21-5-4-20-13-21/h2-5,13-15H,6-12H2,1H3/t14-,15-/m0/s1. The Morgan fingerprint density at radius 2 is 2.14 bits per heavy atom. The zero-order chi connectivity index (χ0) is 19.5. The largest absolute Gasteiger partial charge is 0.463 e. The molecule has 2 aliphatic heterocycles. The number of nitrogens with zero attached hydrogens (tertiary/aromatic N) is 4. The van der Waals surface area contributed by atoms with Gasteiger partial charge in [-0.05, 0) is 12.1 Å². The van der Waals surface area contributed by atoms with Gasteiger partial charge in [-0.1, -0.05) is 0 Å². The number of rotatable bonds is 5. The third kappa shape index (κ3) is 4.10. The maximum absolute atomic E-state index is 12.9. The summed E-state index contributed by atoms with van der Waals surface area (Å²) in [4.78, 5) is 32.7. The number of carbonyl (C=O) groups is 2. The molecule has 0 spiro atoms. The van der Waals surface area contributed by atoms with Crippen molar-refractivity contribution < 1.29 is 23.5 Å². The van der Waals surface area contributed by atoms with Crippen molar-refractivity contribution in [1.29, 1.82) is 0 Å². The fourth-order valence-electron chi connectivity index (χ4n) is 3.90. The molecule has 9 heteroatoms. The fraction of sp³-hybridized carbons (Fsp3) is 0.526. The summed E-state index contributed by atoms with van der Waals surface area (Å²) in [6.07, 6.45) is 5.12. The van der Waals surface area contributed by atoms with E-state index in [0.29, 0.717) is 38.6 Å². The number of imidazole rings is 1. The van der Waals surface area contributed by atoms with Crippen LogP contribution in [0.4, 0.5) is 0 Å². The highest BCUT2D eigenvalue weighted by Gasteiger charge is 2.36. The molecule has 9 nitrogen and oxygen atoms in total. The van der Waals surface area contributed by atoms with E-state index in [9.17, 15) is 9.59 Å². The van der Waals surface area contributed by atoms with Crippen molar-refractivity contribution in [1.82, 2.24) is 19.4 Å². The van der Waals surface area contributed by atoms with Gasteiger partial charge in [0.15, 0.2) is 0 Å². The third-order valence-corrected chi connectivity index (χ3v) is 5.17. The Labute approximate surface area is 162 Å². The van der Waals surface area contributed by atoms with Gasteiger partial charge in [0.25, 0.3) is 0 Å². The zero-order valence-electron chi connectivity index (χ0n) is 15.8. The molecule has 2 fully saturated rings. The number of furan rings is 1. The lowest BCUT2D eigenvalue weighted by atomic mass is 10.1. The van der Waals surface area contributed by atoms with Gasteiger partial charge < -0.3 is 23.4 Å². The first-order chi connectivity index (χ1) is 13.6. The molecule has 2 aromatic heterocycles. The molecule has 2 bridgehead atoms. The molecule has 4 rings (SSSR count). The number of ether oxygens (including phenoxy) is 2. The van der Waals surface area contributed by atoms with Crippen molar-refractivity contribution in [3.63, 3.8) is 0 Å². The molecule has 2 aromatic rings. The van der Waals surface area contributed by atoms with Crippen LogP contribution in [0.15, 0.2) is 35.3 Å². The van der Waals surface area contributed by atoms with Crippen LogP contribution in [0.3, 0.4) is 0 Å². The van der Waals surface area contributed by atoms with Gasteiger partial charge in [0.2, 0.25) is 11.7 Å². The minimum absolute atomic E-state index is 0.0152. The number of esters is 1. The molecule has 0 unspecified atom stereocenters. The highest BCUT2D eigenvalue weighted by atomic mass is 16.5.